The molecular formula is C19H24FN3O2. The quantitative estimate of drug-likeness (QED) is 0.598. The molecule has 0 bridgehead atoms. The molecule has 0 radical (unpaired) electrons. The van der Waals surface area contributed by atoms with Crippen LogP contribution >= 0.6 is 0 Å². The average Bonchev–Trinajstić information content (AvgIpc) is 2.63. The van der Waals surface area contributed by atoms with Crippen molar-refractivity contribution < 1.29 is 13.9 Å². The van der Waals surface area contributed by atoms with Crippen molar-refractivity contribution in [2.45, 2.75) is 20.0 Å². The van der Waals surface area contributed by atoms with Gasteiger partial charge in [-0.25, -0.2) is 4.39 Å². The molecule has 0 spiro atoms. The first-order valence-electron chi connectivity index (χ1n) is 8.15. The van der Waals surface area contributed by atoms with E-state index in [1.54, 1.807) is 26.3 Å². The highest BCUT2D eigenvalue weighted by Crippen LogP contribution is 2.27. The molecule has 2 N–H and O–H groups in total. The average molecular weight is 345 g/mol. The minimum Gasteiger partial charge on any atom is -0.493 e. The number of benzene rings is 2. The molecule has 25 heavy (non-hydrogen) atoms. The van der Waals surface area contributed by atoms with Gasteiger partial charge in [0.15, 0.2) is 17.5 Å². The second-order valence-corrected chi connectivity index (χ2v) is 5.29. The number of aliphatic imine (C=N–C) groups is 1. The minimum absolute atomic E-state index is 0.234. The normalized spacial score (nSPS) is 11.1. The summed E-state index contributed by atoms with van der Waals surface area (Å²) in [6.07, 6.45) is 0. The maximum absolute atomic E-state index is 13.7. The summed E-state index contributed by atoms with van der Waals surface area (Å²) in [7, 11) is 3.29. The van der Waals surface area contributed by atoms with Gasteiger partial charge in [-0.15, -0.1) is 0 Å². The highest BCUT2D eigenvalue weighted by molar-refractivity contribution is 5.79. The molecule has 134 valence electrons. The molecule has 0 aliphatic carbocycles. The van der Waals surface area contributed by atoms with Gasteiger partial charge in [-0.05, 0) is 30.7 Å². The lowest BCUT2D eigenvalue weighted by atomic mass is 10.2. The maximum atomic E-state index is 13.7. The van der Waals surface area contributed by atoms with E-state index in [4.69, 9.17) is 9.47 Å². The van der Waals surface area contributed by atoms with Crippen LogP contribution in [0, 0.1) is 5.82 Å². The summed E-state index contributed by atoms with van der Waals surface area (Å²) >= 11 is 0. The molecule has 0 aliphatic heterocycles. The van der Waals surface area contributed by atoms with Crippen LogP contribution in [-0.4, -0.2) is 26.7 Å². The zero-order chi connectivity index (χ0) is 18.1. The molecule has 2 rings (SSSR count). The highest BCUT2D eigenvalue weighted by atomic mass is 19.1. The zero-order valence-corrected chi connectivity index (χ0v) is 14.8. The molecule has 5 nitrogen and oxygen atoms in total. The number of nitrogens with one attached hydrogen (secondary N) is 2. The number of nitrogens with zero attached hydrogens (tertiary/aromatic N) is 1. The van der Waals surface area contributed by atoms with E-state index in [1.807, 2.05) is 31.2 Å². The fourth-order valence-electron chi connectivity index (χ4n) is 2.33. The Balaban J connectivity index is 1.94. The number of methoxy groups -OCH3 is 1. The SMILES string of the molecule is CCOc1cc(CNC(=NC)NCc2ccccc2F)ccc1OC. The summed E-state index contributed by atoms with van der Waals surface area (Å²) in [5, 5.41) is 6.30. The van der Waals surface area contributed by atoms with E-state index in [0.717, 1.165) is 5.56 Å². The Hall–Kier alpha value is -2.76. The second-order valence-electron chi connectivity index (χ2n) is 5.29. The Morgan fingerprint density at radius 1 is 1.08 bits per heavy atom. The van der Waals surface area contributed by atoms with Gasteiger partial charge in [0.1, 0.15) is 5.82 Å². The first-order chi connectivity index (χ1) is 12.2. The van der Waals surface area contributed by atoms with E-state index >= 15 is 0 Å². The molecule has 0 saturated heterocycles. The van der Waals surface area contributed by atoms with Crippen LogP contribution < -0.4 is 20.1 Å². The van der Waals surface area contributed by atoms with Gasteiger partial charge in [-0.1, -0.05) is 24.3 Å². The van der Waals surface area contributed by atoms with E-state index in [0.29, 0.717) is 42.7 Å². The lowest BCUT2D eigenvalue weighted by Gasteiger charge is -2.14. The van der Waals surface area contributed by atoms with Crippen LogP contribution in [-0.2, 0) is 13.1 Å². The molecule has 0 heterocycles. The van der Waals surface area contributed by atoms with Gasteiger partial charge < -0.3 is 20.1 Å². The van der Waals surface area contributed by atoms with Crippen molar-refractivity contribution in [2.75, 3.05) is 20.8 Å². The van der Waals surface area contributed by atoms with Crippen molar-refractivity contribution in [3.05, 3.63) is 59.4 Å². The number of ether oxygens (including phenoxy) is 2. The lowest BCUT2D eigenvalue weighted by Crippen LogP contribution is -2.36. The molecule has 0 atom stereocenters. The van der Waals surface area contributed by atoms with E-state index < -0.39 is 0 Å². The van der Waals surface area contributed by atoms with Crippen LogP contribution in [0.5, 0.6) is 11.5 Å². The van der Waals surface area contributed by atoms with Gasteiger partial charge in [0.05, 0.1) is 13.7 Å². The third-order valence-electron chi connectivity index (χ3n) is 3.62. The molecule has 0 saturated carbocycles. The summed E-state index contributed by atoms with van der Waals surface area (Å²) in [4.78, 5) is 4.16. The summed E-state index contributed by atoms with van der Waals surface area (Å²) in [5.74, 6) is 1.77. The van der Waals surface area contributed by atoms with Gasteiger partial charge >= 0.3 is 0 Å². The fourth-order valence-corrected chi connectivity index (χ4v) is 2.33. The predicted molar refractivity (Wildman–Crippen MR) is 97.6 cm³/mol. The van der Waals surface area contributed by atoms with Crippen molar-refractivity contribution in [1.29, 1.82) is 0 Å². The van der Waals surface area contributed by atoms with Crippen LogP contribution in [0.4, 0.5) is 4.39 Å². The first kappa shape index (κ1) is 18.6. The smallest absolute Gasteiger partial charge is 0.191 e. The predicted octanol–water partition coefficient (Wildman–Crippen LogP) is 3.10. The first-order valence-corrected chi connectivity index (χ1v) is 8.15. The number of halogens is 1. The van der Waals surface area contributed by atoms with Crippen LogP contribution in [0.2, 0.25) is 0 Å². The van der Waals surface area contributed by atoms with E-state index in [-0.39, 0.29) is 5.82 Å². The van der Waals surface area contributed by atoms with Crippen molar-refractivity contribution in [3.63, 3.8) is 0 Å². The summed E-state index contributed by atoms with van der Waals surface area (Å²) in [6, 6.07) is 12.4. The van der Waals surface area contributed by atoms with Gasteiger partial charge in [0.2, 0.25) is 0 Å². The lowest BCUT2D eigenvalue weighted by molar-refractivity contribution is 0.310. The van der Waals surface area contributed by atoms with E-state index in [9.17, 15) is 4.39 Å². The van der Waals surface area contributed by atoms with Crippen molar-refractivity contribution in [2.24, 2.45) is 4.99 Å². The van der Waals surface area contributed by atoms with Crippen LogP contribution in [0.1, 0.15) is 18.1 Å². The van der Waals surface area contributed by atoms with Gasteiger partial charge in [0.25, 0.3) is 0 Å². The molecule has 0 aliphatic rings. The molecular weight excluding hydrogens is 321 g/mol. The summed E-state index contributed by atoms with van der Waals surface area (Å²) < 4.78 is 24.5. The Morgan fingerprint density at radius 3 is 2.52 bits per heavy atom. The minimum atomic E-state index is -0.234. The van der Waals surface area contributed by atoms with Crippen molar-refractivity contribution in [1.82, 2.24) is 10.6 Å². The standard InChI is InChI=1S/C19H24FN3O2/c1-4-25-18-11-14(9-10-17(18)24-3)12-22-19(21-2)23-13-15-7-5-6-8-16(15)20/h5-11H,4,12-13H2,1-3H3,(H2,21,22,23). The highest BCUT2D eigenvalue weighted by Gasteiger charge is 2.07. The number of hydrogen-bond donors (Lipinski definition) is 2. The molecule has 0 amide bonds. The third kappa shape index (κ3) is 5.38. The third-order valence-corrected chi connectivity index (χ3v) is 3.62. The van der Waals surface area contributed by atoms with Gasteiger partial charge in [-0.3, -0.25) is 4.99 Å². The fraction of sp³-hybridized carbons (Fsp3) is 0.316. The molecule has 0 unspecified atom stereocenters. The Morgan fingerprint density at radius 2 is 1.84 bits per heavy atom. The molecule has 0 aromatic heterocycles. The van der Waals surface area contributed by atoms with Crippen LogP contribution in [0.25, 0.3) is 0 Å². The molecule has 0 fully saturated rings. The number of rotatable bonds is 7. The van der Waals surface area contributed by atoms with Gasteiger partial charge in [-0.2, -0.15) is 0 Å². The molecule has 6 heteroatoms. The van der Waals surface area contributed by atoms with Gasteiger partial charge in [0, 0.05) is 25.7 Å². The molecule has 2 aromatic rings. The Kier molecular flexibility index (Phi) is 7.07. The largest absolute Gasteiger partial charge is 0.493 e. The second kappa shape index (κ2) is 9.52. The number of hydrogen-bond acceptors (Lipinski definition) is 3. The Labute approximate surface area is 147 Å². The number of guanidine groups is 1. The van der Waals surface area contributed by atoms with Crippen LogP contribution in [0.15, 0.2) is 47.5 Å². The summed E-state index contributed by atoms with van der Waals surface area (Å²) in [5.41, 5.74) is 1.62. The summed E-state index contributed by atoms with van der Waals surface area (Å²) in [6.45, 7) is 3.41. The molecule has 2 aromatic carbocycles. The van der Waals surface area contributed by atoms with E-state index in [1.165, 1.54) is 6.07 Å². The topological polar surface area (TPSA) is 54.9 Å². The maximum Gasteiger partial charge on any atom is 0.191 e. The Bertz CT molecular complexity index is 720. The van der Waals surface area contributed by atoms with Crippen LogP contribution in [0.3, 0.4) is 0 Å². The zero-order valence-electron chi connectivity index (χ0n) is 14.8. The van der Waals surface area contributed by atoms with E-state index in [2.05, 4.69) is 15.6 Å². The monoisotopic (exact) mass is 345 g/mol. The van der Waals surface area contributed by atoms with Crippen molar-refractivity contribution in [3.8, 4) is 11.5 Å². The van der Waals surface area contributed by atoms with Crippen molar-refractivity contribution >= 4 is 5.96 Å².